The fourth-order valence-corrected chi connectivity index (χ4v) is 4.06. The Balaban J connectivity index is 0.00000280. The summed E-state index contributed by atoms with van der Waals surface area (Å²) in [6, 6.07) is 2.50. The molecule has 1 N–H and O–H groups in total. The molecule has 0 bridgehead atoms. The van der Waals surface area contributed by atoms with Gasteiger partial charge in [-0.05, 0) is 38.4 Å². The third-order valence-corrected chi connectivity index (χ3v) is 5.67. The molecule has 0 amide bonds. The lowest BCUT2D eigenvalue weighted by Crippen LogP contribution is -2.55. The Labute approximate surface area is 187 Å². The molecule has 0 saturated carbocycles. The molecule has 2 aliphatic heterocycles. The summed E-state index contributed by atoms with van der Waals surface area (Å²) in [5.74, 6) is 1.86. The maximum Gasteiger partial charge on any atom is 0.225 e. The highest BCUT2D eigenvalue weighted by Gasteiger charge is 2.24. The first-order chi connectivity index (χ1) is 13.3. The minimum atomic E-state index is 0. The van der Waals surface area contributed by atoms with E-state index in [4.69, 9.17) is 0 Å². The summed E-state index contributed by atoms with van der Waals surface area (Å²) < 4.78 is 0. The fourth-order valence-electron chi connectivity index (χ4n) is 4.06. The monoisotopic (exact) mass is 501 g/mol. The van der Waals surface area contributed by atoms with Crippen LogP contribution >= 0.6 is 24.0 Å². The van der Waals surface area contributed by atoms with Crippen LogP contribution in [-0.2, 0) is 0 Å². The summed E-state index contributed by atoms with van der Waals surface area (Å²) in [6.07, 6.45) is 10.2. The zero-order chi connectivity index (χ0) is 18.9. The number of aromatic nitrogens is 2. The fraction of sp³-hybridized carbons (Fsp3) is 0.750. The van der Waals surface area contributed by atoms with Gasteiger partial charge in [0.2, 0.25) is 5.95 Å². The predicted molar refractivity (Wildman–Crippen MR) is 127 cm³/mol. The average Bonchev–Trinajstić information content (AvgIpc) is 2.74. The van der Waals surface area contributed by atoms with E-state index in [0.29, 0.717) is 6.04 Å². The molecule has 7 nitrogen and oxygen atoms in total. The van der Waals surface area contributed by atoms with Gasteiger partial charge in [-0.15, -0.1) is 24.0 Å². The van der Waals surface area contributed by atoms with Gasteiger partial charge in [0.1, 0.15) is 0 Å². The lowest BCUT2D eigenvalue weighted by atomic mass is 10.0. The quantitative estimate of drug-likeness (QED) is 0.367. The largest absolute Gasteiger partial charge is 0.355 e. The highest BCUT2D eigenvalue weighted by molar-refractivity contribution is 14.0. The van der Waals surface area contributed by atoms with Gasteiger partial charge >= 0.3 is 0 Å². The van der Waals surface area contributed by atoms with Crippen molar-refractivity contribution >= 4 is 35.9 Å². The molecule has 1 aromatic heterocycles. The number of hydrogen-bond acceptors (Lipinski definition) is 5. The highest BCUT2D eigenvalue weighted by atomic mass is 127. The molecular formula is C20H36IN7. The van der Waals surface area contributed by atoms with Crippen molar-refractivity contribution in [2.24, 2.45) is 4.99 Å². The Morgan fingerprint density at radius 1 is 1.14 bits per heavy atom. The molecule has 28 heavy (non-hydrogen) atoms. The van der Waals surface area contributed by atoms with Crippen molar-refractivity contribution in [3.05, 3.63) is 18.5 Å². The van der Waals surface area contributed by atoms with Crippen LogP contribution in [0.5, 0.6) is 0 Å². The number of rotatable bonds is 6. The molecule has 0 radical (unpaired) electrons. The number of nitrogens with zero attached hydrogens (tertiary/aromatic N) is 6. The highest BCUT2D eigenvalue weighted by Crippen LogP contribution is 2.17. The Morgan fingerprint density at radius 3 is 2.57 bits per heavy atom. The Hall–Kier alpha value is -1.16. The van der Waals surface area contributed by atoms with E-state index in [1.54, 1.807) is 0 Å². The molecule has 1 unspecified atom stereocenters. The zero-order valence-corrected chi connectivity index (χ0v) is 19.7. The third-order valence-electron chi connectivity index (χ3n) is 5.67. The third kappa shape index (κ3) is 6.43. The number of unbranched alkanes of at least 4 members (excludes halogenated alkanes) is 1. The van der Waals surface area contributed by atoms with E-state index in [-0.39, 0.29) is 24.0 Å². The standard InChI is InChI=1S/C20H35N7.HI/c1-3-4-11-25-12-6-5-8-18(25)17-24-19(21-2)26-13-15-27(16-14-26)20-22-9-7-10-23-20;/h7,9-10,18H,3-6,8,11-17H2,1-2H3,(H,21,24);1H. The second-order valence-corrected chi connectivity index (χ2v) is 7.49. The molecule has 158 valence electrons. The number of hydrogen-bond donors (Lipinski definition) is 1. The Morgan fingerprint density at radius 2 is 1.89 bits per heavy atom. The van der Waals surface area contributed by atoms with Gasteiger partial charge < -0.3 is 15.1 Å². The van der Waals surface area contributed by atoms with E-state index < -0.39 is 0 Å². The SMILES string of the molecule is CCCCN1CCCCC1CNC(=NC)N1CCN(c2ncccn2)CC1.I. The summed E-state index contributed by atoms with van der Waals surface area (Å²) in [5, 5.41) is 3.65. The molecule has 3 rings (SSSR count). The lowest BCUT2D eigenvalue weighted by molar-refractivity contribution is 0.146. The zero-order valence-electron chi connectivity index (χ0n) is 17.4. The van der Waals surface area contributed by atoms with Crippen LogP contribution in [0.1, 0.15) is 39.0 Å². The van der Waals surface area contributed by atoms with E-state index in [2.05, 4.69) is 41.9 Å². The number of nitrogens with one attached hydrogen (secondary N) is 1. The average molecular weight is 501 g/mol. The van der Waals surface area contributed by atoms with Crippen LogP contribution in [0, 0.1) is 0 Å². The summed E-state index contributed by atoms with van der Waals surface area (Å²) in [7, 11) is 1.89. The smallest absolute Gasteiger partial charge is 0.225 e. The summed E-state index contributed by atoms with van der Waals surface area (Å²) in [4.78, 5) is 20.6. The molecule has 0 aliphatic carbocycles. The predicted octanol–water partition coefficient (Wildman–Crippen LogP) is 2.45. The maximum absolute atomic E-state index is 4.54. The number of guanidine groups is 1. The van der Waals surface area contributed by atoms with Gasteiger partial charge in [0.25, 0.3) is 0 Å². The van der Waals surface area contributed by atoms with Crippen LogP contribution < -0.4 is 10.2 Å². The Bertz CT molecular complexity index is 575. The molecular weight excluding hydrogens is 465 g/mol. The molecule has 2 saturated heterocycles. The lowest BCUT2D eigenvalue weighted by Gasteiger charge is -2.39. The second kappa shape index (κ2) is 12.4. The molecule has 1 atom stereocenters. The van der Waals surface area contributed by atoms with Crippen LogP contribution in [-0.4, -0.2) is 84.6 Å². The molecule has 2 aliphatic rings. The van der Waals surface area contributed by atoms with Crippen molar-refractivity contribution in [3.8, 4) is 0 Å². The number of likely N-dealkylation sites (tertiary alicyclic amines) is 1. The van der Waals surface area contributed by atoms with E-state index >= 15 is 0 Å². The summed E-state index contributed by atoms with van der Waals surface area (Å²) in [6.45, 7) is 9.51. The number of piperidine rings is 1. The minimum absolute atomic E-state index is 0. The summed E-state index contributed by atoms with van der Waals surface area (Å²) in [5.41, 5.74) is 0. The van der Waals surface area contributed by atoms with E-state index in [1.807, 2.05) is 25.5 Å². The minimum Gasteiger partial charge on any atom is -0.355 e. The van der Waals surface area contributed by atoms with Crippen molar-refractivity contribution in [1.82, 2.24) is 25.1 Å². The second-order valence-electron chi connectivity index (χ2n) is 7.49. The number of anilines is 1. The van der Waals surface area contributed by atoms with E-state index in [1.165, 1.54) is 45.2 Å². The van der Waals surface area contributed by atoms with Crippen molar-refractivity contribution < 1.29 is 0 Å². The molecule has 0 spiro atoms. The molecule has 3 heterocycles. The van der Waals surface area contributed by atoms with Gasteiger partial charge in [0.15, 0.2) is 5.96 Å². The number of aliphatic imine (C=N–C) groups is 1. The van der Waals surface area contributed by atoms with Crippen molar-refractivity contribution in [1.29, 1.82) is 0 Å². The van der Waals surface area contributed by atoms with Gasteiger partial charge in [-0.25, -0.2) is 9.97 Å². The number of halogens is 1. The number of piperazine rings is 1. The van der Waals surface area contributed by atoms with Crippen LogP contribution in [0.25, 0.3) is 0 Å². The van der Waals surface area contributed by atoms with Crippen LogP contribution in [0.4, 0.5) is 5.95 Å². The molecule has 8 heteroatoms. The topological polar surface area (TPSA) is 59.9 Å². The first-order valence-electron chi connectivity index (χ1n) is 10.5. The Kier molecular flexibility index (Phi) is 10.3. The summed E-state index contributed by atoms with van der Waals surface area (Å²) >= 11 is 0. The first kappa shape index (κ1) is 23.1. The van der Waals surface area contributed by atoms with E-state index in [9.17, 15) is 0 Å². The van der Waals surface area contributed by atoms with Crippen LogP contribution in [0.2, 0.25) is 0 Å². The normalized spacial score (nSPS) is 21.4. The van der Waals surface area contributed by atoms with Crippen LogP contribution in [0.3, 0.4) is 0 Å². The van der Waals surface area contributed by atoms with Crippen molar-refractivity contribution in [2.75, 3.05) is 57.8 Å². The molecule has 0 aromatic carbocycles. The van der Waals surface area contributed by atoms with Gasteiger partial charge in [-0.1, -0.05) is 19.8 Å². The van der Waals surface area contributed by atoms with Gasteiger partial charge in [0.05, 0.1) is 0 Å². The van der Waals surface area contributed by atoms with Gasteiger partial charge in [-0.2, -0.15) is 0 Å². The van der Waals surface area contributed by atoms with Gasteiger partial charge in [0, 0.05) is 58.2 Å². The first-order valence-corrected chi connectivity index (χ1v) is 10.5. The van der Waals surface area contributed by atoms with Crippen molar-refractivity contribution in [2.45, 2.75) is 45.1 Å². The van der Waals surface area contributed by atoms with E-state index in [0.717, 1.165) is 44.6 Å². The molecule has 2 fully saturated rings. The molecule has 1 aromatic rings. The van der Waals surface area contributed by atoms with Crippen molar-refractivity contribution in [3.63, 3.8) is 0 Å². The van der Waals surface area contributed by atoms with Gasteiger partial charge in [-0.3, -0.25) is 9.89 Å². The van der Waals surface area contributed by atoms with Crippen LogP contribution in [0.15, 0.2) is 23.5 Å². The maximum atomic E-state index is 4.54.